The van der Waals surface area contributed by atoms with Crippen LogP contribution in [-0.4, -0.2) is 44.6 Å². The van der Waals surface area contributed by atoms with Crippen molar-refractivity contribution in [3.8, 4) is 28.9 Å². The molecule has 0 amide bonds. The number of aromatic nitrogens is 4. The molecule has 192 valence electrons. The summed E-state index contributed by atoms with van der Waals surface area (Å²) >= 11 is 1.59. The van der Waals surface area contributed by atoms with Gasteiger partial charge in [-0.2, -0.15) is 0 Å². The van der Waals surface area contributed by atoms with E-state index >= 15 is 0 Å². The number of phenols is 1. The van der Waals surface area contributed by atoms with Crippen LogP contribution in [0.25, 0.3) is 5.65 Å². The molecule has 11 heteroatoms. The molecule has 1 N–H and O–H groups in total. The van der Waals surface area contributed by atoms with Crippen LogP contribution in [0.4, 0.5) is 0 Å². The van der Waals surface area contributed by atoms with E-state index in [0.717, 1.165) is 27.3 Å². The molecular weight excluding hydrogens is 506 g/mol. The third-order valence-electron chi connectivity index (χ3n) is 6.25. The topological polar surface area (TPSA) is 113 Å². The number of phenolic OH excluding ortho intramolecular Hbond substituents is 1. The molecule has 10 nitrogen and oxygen atoms in total. The number of hydrogen-bond acceptors (Lipinski definition) is 10. The lowest BCUT2D eigenvalue weighted by Crippen LogP contribution is -2.15. The molecule has 0 saturated heterocycles. The lowest BCUT2D eigenvalue weighted by molar-refractivity contribution is 0.125. The molecule has 0 saturated carbocycles. The summed E-state index contributed by atoms with van der Waals surface area (Å²) in [5, 5.41) is 20.9. The van der Waals surface area contributed by atoms with Crippen LogP contribution in [0.2, 0.25) is 0 Å². The van der Waals surface area contributed by atoms with E-state index in [1.165, 1.54) is 0 Å². The number of aromatic hydroxyl groups is 1. The van der Waals surface area contributed by atoms with Gasteiger partial charge in [0.1, 0.15) is 17.8 Å². The molecule has 1 aliphatic rings. The first-order valence-electron chi connectivity index (χ1n) is 11.7. The second-order valence-corrected chi connectivity index (χ2v) is 9.51. The number of thiophene rings is 1. The van der Waals surface area contributed by atoms with Crippen molar-refractivity contribution < 1.29 is 24.2 Å². The van der Waals surface area contributed by atoms with Crippen LogP contribution in [0.5, 0.6) is 28.9 Å². The normalized spacial score (nSPS) is 14.5. The van der Waals surface area contributed by atoms with E-state index < -0.39 is 0 Å². The van der Waals surface area contributed by atoms with Crippen LogP contribution in [0.3, 0.4) is 0 Å². The van der Waals surface area contributed by atoms with Gasteiger partial charge in [-0.25, -0.2) is 14.5 Å². The smallest absolute Gasteiger partial charge is 0.228 e. The highest BCUT2D eigenvalue weighted by Gasteiger charge is 2.34. The summed E-state index contributed by atoms with van der Waals surface area (Å²) in [5.74, 6) is 2.31. The average molecular weight is 530 g/mol. The standard InChI is InChI=1S/C27H23N5O5S/c1-15(22-5-4-10-38-22)31-36-13-23-29-26-25-24(16-6-9-19(34-2)21(11-16)35-3)18-8-7-17(33)12-20(18)37-27(25)28-14-32(26)30-23/h4-12,14,24,33H,13H2,1-3H3/b31-15+. The van der Waals surface area contributed by atoms with E-state index in [9.17, 15) is 5.11 Å². The lowest BCUT2D eigenvalue weighted by atomic mass is 9.83. The molecular formula is C27H23N5O5S. The van der Waals surface area contributed by atoms with Crippen molar-refractivity contribution in [2.45, 2.75) is 19.4 Å². The van der Waals surface area contributed by atoms with Crippen LogP contribution in [-0.2, 0) is 11.4 Å². The molecule has 0 fully saturated rings. The quantitative estimate of drug-likeness (QED) is 0.224. The highest BCUT2D eigenvalue weighted by Crippen LogP contribution is 2.49. The zero-order valence-electron chi connectivity index (χ0n) is 20.8. The predicted molar refractivity (Wildman–Crippen MR) is 141 cm³/mol. The molecule has 0 spiro atoms. The van der Waals surface area contributed by atoms with Crippen LogP contribution < -0.4 is 14.2 Å². The van der Waals surface area contributed by atoms with Gasteiger partial charge in [0.05, 0.1) is 30.4 Å². The zero-order chi connectivity index (χ0) is 26.2. The van der Waals surface area contributed by atoms with Crippen molar-refractivity contribution in [1.82, 2.24) is 19.6 Å². The molecule has 1 aliphatic heterocycles. The van der Waals surface area contributed by atoms with E-state index in [-0.39, 0.29) is 18.3 Å². The summed E-state index contributed by atoms with van der Waals surface area (Å²) in [6.07, 6.45) is 1.55. The Hall–Kier alpha value is -4.64. The molecule has 6 rings (SSSR count). The minimum Gasteiger partial charge on any atom is -0.508 e. The number of ether oxygens (including phenoxy) is 3. The largest absolute Gasteiger partial charge is 0.508 e. The SMILES string of the molecule is COc1ccc(C2c3ccc(O)cc3Oc3ncn4nc(CO/N=C(\C)c5cccs5)nc4c32)cc1OC. The Labute approximate surface area is 221 Å². The van der Waals surface area contributed by atoms with Gasteiger partial charge in [-0.1, -0.05) is 23.4 Å². The number of oxime groups is 1. The number of fused-ring (bicyclic) bond motifs is 4. The van der Waals surface area contributed by atoms with Gasteiger partial charge in [-0.05, 0) is 42.1 Å². The number of rotatable bonds is 7. The highest BCUT2D eigenvalue weighted by molar-refractivity contribution is 7.12. The van der Waals surface area contributed by atoms with Gasteiger partial charge in [-0.3, -0.25) is 0 Å². The third-order valence-corrected chi connectivity index (χ3v) is 7.23. The molecule has 0 radical (unpaired) electrons. The van der Waals surface area contributed by atoms with Gasteiger partial charge in [0.15, 0.2) is 29.6 Å². The summed E-state index contributed by atoms with van der Waals surface area (Å²) in [7, 11) is 3.19. The highest BCUT2D eigenvalue weighted by atomic mass is 32.1. The number of benzene rings is 2. The first kappa shape index (κ1) is 23.7. The van der Waals surface area contributed by atoms with Gasteiger partial charge in [-0.15, -0.1) is 16.4 Å². The van der Waals surface area contributed by atoms with Gasteiger partial charge < -0.3 is 24.2 Å². The Morgan fingerprint density at radius 1 is 1.13 bits per heavy atom. The second-order valence-electron chi connectivity index (χ2n) is 8.56. The van der Waals surface area contributed by atoms with Crippen molar-refractivity contribution in [2.75, 3.05) is 14.2 Å². The van der Waals surface area contributed by atoms with E-state index in [4.69, 9.17) is 24.0 Å². The van der Waals surface area contributed by atoms with Crippen LogP contribution in [0.1, 0.15) is 40.2 Å². The Balaban J connectivity index is 1.43. The summed E-state index contributed by atoms with van der Waals surface area (Å²) in [5.41, 5.74) is 3.84. The van der Waals surface area contributed by atoms with Gasteiger partial charge in [0.25, 0.3) is 0 Å². The maximum absolute atomic E-state index is 10.1. The monoisotopic (exact) mass is 529 g/mol. The fraction of sp³-hybridized carbons (Fsp3) is 0.185. The molecule has 5 aromatic rings. The summed E-state index contributed by atoms with van der Waals surface area (Å²) in [4.78, 5) is 15.9. The lowest BCUT2D eigenvalue weighted by Gasteiger charge is -2.28. The molecule has 0 bridgehead atoms. The molecule has 2 aromatic carbocycles. The van der Waals surface area contributed by atoms with Crippen LogP contribution in [0, 0.1) is 0 Å². The van der Waals surface area contributed by atoms with Crippen molar-refractivity contribution in [1.29, 1.82) is 0 Å². The first-order chi connectivity index (χ1) is 18.6. The summed E-state index contributed by atoms with van der Waals surface area (Å²) < 4.78 is 18.7. The second kappa shape index (κ2) is 9.67. The predicted octanol–water partition coefficient (Wildman–Crippen LogP) is 5.14. The molecule has 4 heterocycles. The van der Waals surface area contributed by atoms with Gasteiger partial charge in [0, 0.05) is 17.5 Å². The number of methoxy groups -OCH3 is 2. The van der Waals surface area contributed by atoms with Crippen molar-refractivity contribution in [2.24, 2.45) is 5.16 Å². The summed E-state index contributed by atoms with van der Waals surface area (Å²) in [6.45, 7) is 1.98. The first-order valence-corrected chi connectivity index (χ1v) is 12.6. The minimum absolute atomic E-state index is 0.0888. The number of nitrogens with zero attached hydrogens (tertiary/aromatic N) is 5. The van der Waals surface area contributed by atoms with Gasteiger partial charge >= 0.3 is 0 Å². The van der Waals surface area contributed by atoms with E-state index in [1.807, 2.05) is 48.7 Å². The Kier molecular flexibility index (Phi) is 6.04. The Bertz CT molecular complexity index is 1660. The van der Waals surface area contributed by atoms with Crippen molar-refractivity contribution >= 4 is 22.7 Å². The van der Waals surface area contributed by atoms with Crippen LogP contribution >= 0.6 is 11.3 Å². The maximum Gasteiger partial charge on any atom is 0.228 e. The third kappa shape index (κ3) is 4.16. The Morgan fingerprint density at radius 2 is 2.00 bits per heavy atom. The van der Waals surface area contributed by atoms with E-state index in [0.29, 0.717) is 34.6 Å². The Morgan fingerprint density at radius 3 is 2.79 bits per heavy atom. The fourth-order valence-corrected chi connectivity index (χ4v) is 5.17. The van der Waals surface area contributed by atoms with E-state index in [2.05, 4.69) is 15.2 Å². The molecule has 3 aromatic heterocycles. The van der Waals surface area contributed by atoms with Crippen molar-refractivity contribution in [3.63, 3.8) is 0 Å². The summed E-state index contributed by atoms with van der Waals surface area (Å²) in [6, 6.07) is 14.7. The molecule has 1 atom stereocenters. The van der Waals surface area contributed by atoms with Crippen LogP contribution in [0.15, 0.2) is 65.4 Å². The molecule has 38 heavy (non-hydrogen) atoms. The van der Waals surface area contributed by atoms with Crippen molar-refractivity contribution in [3.05, 3.63) is 87.6 Å². The fourth-order valence-electron chi connectivity index (χ4n) is 4.50. The van der Waals surface area contributed by atoms with Gasteiger partial charge in [0.2, 0.25) is 5.88 Å². The zero-order valence-corrected chi connectivity index (χ0v) is 21.6. The maximum atomic E-state index is 10.1. The molecule has 1 unspecified atom stereocenters. The minimum atomic E-state index is -0.331. The van der Waals surface area contributed by atoms with E-state index in [1.54, 1.807) is 48.5 Å². The number of hydrogen-bond donors (Lipinski definition) is 1. The molecule has 0 aliphatic carbocycles. The average Bonchev–Trinajstić information content (AvgIpc) is 3.61.